The average Bonchev–Trinajstić information content (AvgIpc) is 2.87. The van der Waals surface area contributed by atoms with Gasteiger partial charge >= 0.3 is 0 Å². The van der Waals surface area contributed by atoms with Crippen LogP contribution in [0.5, 0.6) is 5.88 Å². The first kappa shape index (κ1) is 19.1. The zero-order chi connectivity index (χ0) is 20.4. The predicted molar refractivity (Wildman–Crippen MR) is 114 cm³/mol. The van der Waals surface area contributed by atoms with Crippen LogP contribution in [0.25, 0.3) is 11.3 Å². The molecular weight excluding hydrogens is 384 g/mol. The number of aromatic nitrogens is 3. The van der Waals surface area contributed by atoms with Gasteiger partial charge in [0, 0.05) is 23.8 Å². The van der Waals surface area contributed by atoms with Crippen LogP contribution in [0.15, 0.2) is 66.3 Å². The van der Waals surface area contributed by atoms with Crippen molar-refractivity contribution in [2.24, 2.45) is 0 Å². The number of thioether (sulfide) groups is 1. The molecule has 0 aliphatic carbocycles. The van der Waals surface area contributed by atoms with Crippen molar-refractivity contribution >= 4 is 23.4 Å². The fourth-order valence-corrected chi connectivity index (χ4v) is 3.71. The largest absolute Gasteiger partial charge is 0.447 e. The molecule has 6 nitrogen and oxygen atoms in total. The molecule has 29 heavy (non-hydrogen) atoms. The fraction of sp³-hybridized carbons (Fsp3) is 0.182. The molecule has 1 aromatic heterocycles. The van der Waals surface area contributed by atoms with Crippen molar-refractivity contribution in [1.82, 2.24) is 15.2 Å². The third kappa shape index (κ3) is 3.73. The highest BCUT2D eigenvalue weighted by Crippen LogP contribution is 2.43. The quantitative estimate of drug-likeness (QED) is 0.469. The van der Waals surface area contributed by atoms with E-state index >= 15 is 0 Å². The highest BCUT2D eigenvalue weighted by molar-refractivity contribution is 7.99. The van der Waals surface area contributed by atoms with Crippen molar-refractivity contribution in [1.29, 1.82) is 0 Å². The molecule has 0 fully saturated rings. The van der Waals surface area contributed by atoms with E-state index in [1.54, 1.807) is 11.0 Å². The van der Waals surface area contributed by atoms with Crippen molar-refractivity contribution in [3.63, 3.8) is 0 Å². The van der Waals surface area contributed by atoms with Crippen LogP contribution in [0.3, 0.4) is 0 Å². The number of hydrogen-bond acceptors (Lipinski definition) is 6. The number of fused-ring (bicyclic) bond motifs is 3. The summed E-state index contributed by atoms with van der Waals surface area (Å²) in [7, 11) is 0. The zero-order valence-electron chi connectivity index (χ0n) is 16.2. The molecule has 2 heterocycles. The van der Waals surface area contributed by atoms with Gasteiger partial charge in [-0.05, 0) is 13.0 Å². The van der Waals surface area contributed by atoms with Gasteiger partial charge in [-0.3, -0.25) is 9.69 Å². The van der Waals surface area contributed by atoms with Crippen molar-refractivity contribution < 1.29 is 9.53 Å². The number of rotatable bonds is 4. The van der Waals surface area contributed by atoms with Gasteiger partial charge in [0.2, 0.25) is 23.2 Å². The van der Waals surface area contributed by atoms with Crippen LogP contribution < -0.4 is 9.64 Å². The van der Waals surface area contributed by atoms with Gasteiger partial charge in [0.15, 0.2) is 5.69 Å². The number of nitrogens with zero attached hydrogens (tertiary/aromatic N) is 4. The summed E-state index contributed by atoms with van der Waals surface area (Å²) in [5.41, 5.74) is 3.97. The SMILES string of the molecule is C=CCSc1nnc2c(n1)O[C@@H](c1ccc(C)cc1)N(C(C)=O)c1ccccc1-2. The third-order valence-corrected chi connectivity index (χ3v) is 5.38. The molecule has 0 N–H and O–H groups in total. The molecule has 7 heteroatoms. The maximum atomic E-state index is 12.7. The smallest absolute Gasteiger partial charge is 0.247 e. The first-order chi connectivity index (χ1) is 14.1. The molecule has 1 aliphatic rings. The van der Waals surface area contributed by atoms with Crippen LogP contribution in [0, 0.1) is 6.92 Å². The van der Waals surface area contributed by atoms with Gasteiger partial charge in [-0.25, -0.2) is 0 Å². The van der Waals surface area contributed by atoms with Crippen LogP contribution in [-0.4, -0.2) is 26.8 Å². The van der Waals surface area contributed by atoms with E-state index in [4.69, 9.17) is 4.74 Å². The van der Waals surface area contributed by atoms with E-state index in [1.807, 2.05) is 55.5 Å². The summed E-state index contributed by atoms with van der Waals surface area (Å²) in [6, 6.07) is 15.5. The molecule has 0 saturated carbocycles. The first-order valence-corrected chi connectivity index (χ1v) is 10.2. The van der Waals surface area contributed by atoms with E-state index in [9.17, 15) is 4.79 Å². The van der Waals surface area contributed by atoms with E-state index in [2.05, 4.69) is 21.8 Å². The number of benzene rings is 2. The first-order valence-electron chi connectivity index (χ1n) is 9.19. The number of para-hydroxylation sites is 1. The average molecular weight is 404 g/mol. The second-order valence-corrected chi connectivity index (χ2v) is 7.62. The topological polar surface area (TPSA) is 68.2 Å². The Morgan fingerprint density at radius 1 is 1.21 bits per heavy atom. The summed E-state index contributed by atoms with van der Waals surface area (Å²) in [6.45, 7) is 7.27. The lowest BCUT2D eigenvalue weighted by atomic mass is 10.1. The van der Waals surface area contributed by atoms with E-state index in [0.29, 0.717) is 28.2 Å². The molecule has 0 saturated heterocycles. The molecule has 146 valence electrons. The van der Waals surface area contributed by atoms with Gasteiger partial charge in [-0.1, -0.05) is 65.9 Å². The molecule has 0 spiro atoms. The lowest BCUT2D eigenvalue weighted by molar-refractivity contribution is -0.118. The zero-order valence-corrected chi connectivity index (χ0v) is 17.0. The number of amides is 1. The number of carbonyl (C=O) groups excluding carboxylic acids is 1. The van der Waals surface area contributed by atoms with Crippen molar-refractivity contribution in [3.8, 4) is 17.1 Å². The summed E-state index contributed by atoms with van der Waals surface area (Å²) in [5, 5.41) is 9.10. The monoisotopic (exact) mass is 404 g/mol. The highest BCUT2D eigenvalue weighted by Gasteiger charge is 2.34. The molecule has 0 unspecified atom stereocenters. The molecule has 2 aromatic carbocycles. The molecule has 0 radical (unpaired) electrons. The Hall–Kier alpha value is -3.19. The molecular formula is C22H20N4O2S. The van der Waals surface area contributed by atoms with E-state index in [-0.39, 0.29) is 5.91 Å². The molecule has 1 amide bonds. The van der Waals surface area contributed by atoms with Crippen LogP contribution in [0.2, 0.25) is 0 Å². The maximum Gasteiger partial charge on any atom is 0.247 e. The van der Waals surface area contributed by atoms with Gasteiger partial charge in [0.05, 0.1) is 5.69 Å². The lowest BCUT2D eigenvalue weighted by Gasteiger charge is -2.29. The number of anilines is 1. The summed E-state index contributed by atoms with van der Waals surface area (Å²) >= 11 is 1.42. The standard InChI is InChI=1S/C22H20N4O2S/c1-4-13-29-22-23-20-19(24-25-22)17-7-5-6-8-18(17)26(15(3)27)21(28-20)16-11-9-14(2)10-12-16/h4-12,21H,1,13H2,2-3H3/t21-/m0/s1. The summed E-state index contributed by atoms with van der Waals surface area (Å²) in [4.78, 5) is 18.9. The van der Waals surface area contributed by atoms with E-state index in [0.717, 1.165) is 16.7 Å². The minimum Gasteiger partial charge on any atom is -0.447 e. The molecule has 1 atom stereocenters. The summed E-state index contributed by atoms with van der Waals surface area (Å²) in [6.07, 6.45) is 1.12. The van der Waals surface area contributed by atoms with Crippen LogP contribution in [-0.2, 0) is 4.79 Å². The highest BCUT2D eigenvalue weighted by atomic mass is 32.2. The van der Waals surface area contributed by atoms with Gasteiger partial charge < -0.3 is 4.74 Å². The van der Waals surface area contributed by atoms with Gasteiger partial charge in [-0.15, -0.1) is 16.8 Å². The second kappa shape index (κ2) is 8.05. The van der Waals surface area contributed by atoms with Crippen molar-refractivity contribution in [3.05, 3.63) is 72.3 Å². The summed E-state index contributed by atoms with van der Waals surface area (Å²) in [5.74, 6) is 0.885. The molecule has 4 rings (SSSR count). The molecule has 3 aromatic rings. The Labute approximate surface area is 173 Å². The number of carbonyl (C=O) groups is 1. The Morgan fingerprint density at radius 3 is 2.69 bits per heavy atom. The normalized spacial score (nSPS) is 15.0. The van der Waals surface area contributed by atoms with Crippen molar-refractivity contribution in [2.75, 3.05) is 10.7 Å². The second-order valence-electron chi connectivity index (χ2n) is 6.63. The maximum absolute atomic E-state index is 12.7. The van der Waals surface area contributed by atoms with Crippen molar-refractivity contribution in [2.45, 2.75) is 25.2 Å². The molecule has 1 aliphatic heterocycles. The van der Waals surface area contributed by atoms with E-state index in [1.165, 1.54) is 18.7 Å². The fourth-order valence-electron chi connectivity index (χ4n) is 3.20. The minimum atomic E-state index is -0.663. The van der Waals surface area contributed by atoms with E-state index < -0.39 is 6.23 Å². The Balaban J connectivity index is 1.90. The Kier molecular flexibility index (Phi) is 5.31. The minimum absolute atomic E-state index is 0.134. The Morgan fingerprint density at radius 2 is 1.97 bits per heavy atom. The number of aryl methyl sites for hydroxylation is 1. The van der Waals surface area contributed by atoms with Gasteiger partial charge in [0.1, 0.15) is 0 Å². The van der Waals surface area contributed by atoms with Gasteiger partial charge in [0.25, 0.3) is 0 Å². The third-order valence-electron chi connectivity index (χ3n) is 4.54. The van der Waals surface area contributed by atoms with Crippen LogP contribution in [0.1, 0.15) is 24.3 Å². The Bertz CT molecular complexity index is 1070. The van der Waals surface area contributed by atoms with Gasteiger partial charge in [-0.2, -0.15) is 4.98 Å². The van der Waals surface area contributed by atoms with Crippen LogP contribution >= 0.6 is 11.8 Å². The number of ether oxygens (including phenoxy) is 1. The lowest BCUT2D eigenvalue weighted by Crippen LogP contribution is -2.36. The summed E-state index contributed by atoms with van der Waals surface area (Å²) < 4.78 is 6.31. The molecule has 0 bridgehead atoms. The predicted octanol–water partition coefficient (Wildman–Crippen LogP) is 4.57. The van der Waals surface area contributed by atoms with Crippen LogP contribution in [0.4, 0.5) is 5.69 Å². The number of hydrogen-bond donors (Lipinski definition) is 0.